The van der Waals surface area contributed by atoms with Crippen molar-refractivity contribution in [3.05, 3.63) is 140 Å². The molecular formula is C33H23N4OP. The standard InChI is InChI=1S/C33H23N4OP/c38-39(26-18-8-3-9-19-26)29-22-12-10-20-27(29)37(28-21-11-13-23-30(28)39)33-35-31(24-14-4-1-5-15-24)34-32(36-33)25-16-6-2-7-17-25/h1-23H. The molecule has 1 aromatic heterocycles. The van der Waals surface area contributed by atoms with Gasteiger partial charge in [0.25, 0.3) is 0 Å². The minimum Gasteiger partial charge on any atom is -0.308 e. The molecule has 1 aliphatic heterocycles. The van der Waals surface area contributed by atoms with Gasteiger partial charge in [0, 0.05) is 27.0 Å². The maximum atomic E-state index is 15.2. The second-order valence-electron chi connectivity index (χ2n) is 9.27. The maximum absolute atomic E-state index is 15.2. The fraction of sp³-hybridized carbons (Fsp3) is 0. The number of benzene rings is 5. The second-order valence-corrected chi connectivity index (χ2v) is 12.0. The molecule has 5 aromatic carbocycles. The highest BCUT2D eigenvalue weighted by atomic mass is 31.2. The number of hydrogen-bond donors (Lipinski definition) is 0. The van der Waals surface area contributed by atoms with E-state index in [0.717, 1.165) is 38.4 Å². The van der Waals surface area contributed by atoms with E-state index in [2.05, 4.69) is 0 Å². The third-order valence-corrected chi connectivity index (χ3v) is 10.1. The molecule has 0 unspecified atom stereocenters. The third-order valence-electron chi connectivity index (χ3n) is 6.93. The van der Waals surface area contributed by atoms with E-state index >= 15 is 4.57 Å². The Hall–Kier alpha value is -4.86. The lowest BCUT2D eigenvalue weighted by molar-refractivity contribution is 0.592. The molecule has 0 saturated heterocycles. The first-order valence-electron chi connectivity index (χ1n) is 12.8. The zero-order valence-corrected chi connectivity index (χ0v) is 21.8. The van der Waals surface area contributed by atoms with Gasteiger partial charge in [-0.15, -0.1) is 0 Å². The molecule has 2 heterocycles. The largest absolute Gasteiger partial charge is 0.308 e. The quantitative estimate of drug-likeness (QED) is 0.243. The van der Waals surface area contributed by atoms with E-state index in [9.17, 15) is 0 Å². The lowest BCUT2D eigenvalue weighted by Gasteiger charge is -2.36. The lowest BCUT2D eigenvalue weighted by Crippen LogP contribution is -2.37. The Labute approximate surface area is 226 Å². The predicted octanol–water partition coefficient (Wildman–Crippen LogP) is 6.63. The Morgan fingerprint density at radius 3 is 1.36 bits per heavy atom. The van der Waals surface area contributed by atoms with Gasteiger partial charge in [-0.2, -0.15) is 9.97 Å². The van der Waals surface area contributed by atoms with Crippen LogP contribution >= 0.6 is 7.14 Å². The minimum atomic E-state index is -3.16. The lowest BCUT2D eigenvalue weighted by atomic mass is 10.2. The Balaban J connectivity index is 1.52. The summed E-state index contributed by atoms with van der Waals surface area (Å²) in [6, 6.07) is 45.3. The van der Waals surface area contributed by atoms with Crippen molar-refractivity contribution in [2.75, 3.05) is 4.90 Å². The first-order valence-corrected chi connectivity index (χ1v) is 14.5. The molecule has 5 nitrogen and oxygen atoms in total. The number of fused-ring (bicyclic) bond motifs is 2. The third kappa shape index (κ3) is 3.87. The minimum absolute atomic E-state index is 0.474. The van der Waals surface area contributed by atoms with Crippen molar-refractivity contribution in [3.8, 4) is 22.8 Å². The number of hydrogen-bond acceptors (Lipinski definition) is 5. The van der Waals surface area contributed by atoms with E-state index in [1.165, 1.54) is 0 Å². The van der Waals surface area contributed by atoms with Crippen LogP contribution in [0.25, 0.3) is 22.8 Å². The summed E-state index contributed by atoms with van der Waals surface area (Å²) in [5.41, 5.74) is 3.39. The van der Waals surface area contributed by atoms with E-state index in [-0.39, 0.29) is 0 Å². The normalized spacial score (nSPS) is 13.4. The summed E-state index contributed by atoms with van der Waals surface area (Å²) < 4.78 is 15.2. The Morgan fingerprint density at radius 1 is 0.462 bits per heavy atom. The van der Waals surface area contributed by atoms with Gasteiger partial charge in [0.05, 0.1) is 11.4 Å². The summed E-state index contributed by atoms with van der Waals surface area (Å²) in [6.07, 6.45) is 0. The van der Waals surface area contributed by atoms with Crippen LogP contribution in [0, 0.1) is 0 Å². The number of rotatable bonds is 4. The molecule has 0 bridgehead atoms. The van der Waals surface area contributed by atoms with Crippen molar-refractivity contribution >= 4 is 40.4 Å². The summed E-state index contributed by atoms with van der Waals surface area (Å²) in [5, 5.41) is 2.32. The molecule has 0 saturated carbocycles. The van der Waals surface area contributed by atoms with Crippen molar-refractivity contribution in [2.45, 2.75) is 0 Å². The van der Waals surface area contributed by atoms with E-state index < -0.39 is 7.14 Å². The molecule has 1 aliphatic rings. The molecule has 0 N–H and O–H groups in total. The van der Waals surface area contributed by atoms with Crippen molar-refractivity contribution < 1.29 is 4.57 Å². The van der Waals surface area contributed by atoms with E-state index in [1.54, 1.807) is 0 Å². The van der Waals surface area contributed by atoms with E-state index in [0.29, 0.717) is 17.6 Å². The zero-order chi connectivity index (χ0) is 26.2. The van der Waals surface area contributed by atoms with Gasteiger partial charge in [0.15, 0.2) is 18.8 Å². The number of nitrogens with zero attached hydrogens (tertiary/aromatic N) is 4. The van der Waals surface area contributed by atoms with Crippen LogP contribution in [-0.4, -0.2) is 15.0 Å². The van der Waals surface area contributed by atoms with Crippen molar-refractivity contribution in [2.24, 2.45) is 0 Å². The van der Waals surface area contributed by atoms with Crippen LogP contribution in [0.15, 0.2) is 140 Å². The number of aromatic nitrogens is 3. The molecule has 186 valence electrons. The number of para-hydroxylation sites is 2. The summed E-state index contributed by atoms with van der Waals surface area (Å²) in [6.45, 7) is 0. The van der Waals surface area contributed by atoms with Gasteiger partial charge in [0.2, 0.25) is 5.95 Å². The second kappa shape index (κ2) is 9.46. The Kier molecular flexibility index (Phi) is 5.65. The fourth-order valence-corrected chi connectivity index (χ4v) is 8.12. The maximum Gasteiger partial charge on any atom is 0.238 e. The highest BCUT2D eigenvalue weighted by Crippen LogP contribution is 2.53. The van der Waals surface area contributed by atoms with Crippen LogP contribution in [0.5, 0.6) is 0 Å². The molecule has 39 heavy (non-hydrogen) atoms. The van der Waals surface area contributed by atoms with Crippen LogP contribution in [0.1, 0.15) is 0 Å². The van der Waals surface area contributed by atoms with Gasteiger partial charge in [0.1, 0.15) is 0 Å². The molecule has 7 rings (SSSR count). The van der Waals surface area contributed by atoms with Gasteiger partial charge in [-0.3, -0.25) is 4.90 Å². The van der Waals surface area contributed by atoms with Crippen LogP contribution in [0.2, 0.25) is 0 Å². The molecular weight excluding hydrogens is 499 g/mol. The molecule has 0 atom stereocenters. The predicted molar refractivity (Wildman–Crippen MR) is 158 cm³/mol. The van der Waals surface area contributed by atoms with Crippen LogP contribution < -0.4 is 20.8 Å². The number of anilines is 3. The Morgan fingerprint density at radius 2 is 0.872 bits per heavy atom. The monoisotopic (exact) mass is 522 g/mol. The van der Waals surface area contributed by atoms with E-state index in [1.807, 2.05) is 144 Å². The van der Waals surface area contributed by atoms with Gasteiger partial charge in [-0.25, -0.2) is 4.98 Å². The van der Waals surface area contributed by atoms with Crippen LogP contribution in [0.4, 0.5) is 17.3 Å². The summed E-state index contributed by atoms with van der Waals surface area (Å²) in [7, 11) is -3.16. The van der Waals surface area contributed by atoms with Crippen molar-refractivity contribution in [3.63, 3.8) is 0 Å². The first-order chi connectivity index (χ1) is 19.2. The van der Waals surface area contributed by atoms with Crippen molar-refractivity contribution in [1.82, 2.24) is 15.0 Å². The molecule has 0 amide bonds. The molecule has 6 aromatic rings. The SMILES string of the molecule is O=P1(c2ccccc2)c2ccccc2N(c2nc(-c3ccccc3)nc(-c3ccccc3)n2)c2ccccc21. The zero-order valence-electron chi connectivity index (χ0n) is 20.9. The molecule has 6 heteroatoms. The summed E-state index contributed by atoms with van der Waals surface area (Å²) in [4.78, 5) is 16.8. The summed E-state index contributed by atoms with van der Waals surface area (Å²) in [5.74, 6) is 1.62. The smallest absolute Gasteiger partial charge is 0.238 e. The van der Waals surface area contributed by atoms with Crippen LogP contribution in [0.3, 0.4) is 0 Å². The van der Waals surface area contributed by atoms with Crippen molar-refractivity contribution in [1.29, 1.82) is 0 Å². The molecule has 0 spiro atoms. The highest BCUT2D eigenvalue weighted by Gasteiger charge is 2.41. The summed E-state index contributed by atoms with van der Waals surface area (Å²) >= 11 is 0. The highest BCUT2D eigenvalue weighted by molar-refractivity contribution is 7.86. The average molecular weight is 523 g/mol. The van der Waals surface area contributed by atoms with Gasteiger partial charge in [-0.1, -0.05) is 115 Å². The van der Waals surface area contributed by atoms with Crippen LogP contribution in [-0.2, 0) is 4.57 Å². The first kappa shape index (κ1) is 23.3. The van der Waals surface area contributed by atoms with Gasteiger partial charge >= 0.3 is 0 Å². The molecule has 0 aliphatic carbocycles. The Bertz CT molecular complexity index is 1730. The van der Waals surface area contributed by atoms with E-state index in [4.69, 9.17) is 15.0 Å². The van der Waals surface area contributed by atoms with Gasteiger partial charge < -0.3 is 4.57 Å². The average Bonchev–Trinajstić information content (AvgIpc) is 3.02. The topological polar surface area (TPSA) is 59.0 Å². The molecule has 0 fully saturated rings. The van der Waals surface area contributed by atoms with Gasteiger partial charge in [-0.05, 0) is 24.3 Å². The molecule has 0 radical (unpaired) electrons. The fourth-order valence-electron chi connectivity index (χ4n) is 5.13.